The van der Waals surface area contributed by atoms with E-state index in [1.807, 2.05) is 12.1 Å². The average molecular weight is 396 g/mol. The predicted molar refractivity (Wildman–Crippen MR) is 106 cm³/mol. The van der Waals surface area contributed by atoms with Crippen LogP contribution in [0.5, 0.6) is 0 Å². The number of primary amides is 1. The fourth-order valence-electron chi connectivity index (χ4n) is 2.68. The maximum absolute atomic E-state index is 12.5. The molecule has 1 atom stereocenters. The minimum Gasteiger partial charge on any atom is -0.364 e. The van der Waals surface area contributed by atoms with Gasteiger partial charge in [-0.15, -0.1) is 0 Å². The van der Waals surface area contributed by atoms with Gasteiger partial charge in [-0.25, -0.2) is 4.98 Å². The van der Waals surface area contributed by atoms with Crippen molar-refractivity contribution in [2.75, 3.05) is 0 Å². The lowest BCUT2D eigenvalue weighted by molar-refractivity contribution is 0.0949. The van der Waals surface area contributed by atoms with Crippen molar-refractivity contribution < 1.29 is 9.59 Å². The van der Waals surface area contributed by atoms with Crippen LogP contribution in [0.25, 0.3) is 0 Å². The highest BCUT2D eigenvalue weighted by atomic mass is 35.5. The van der Waals surface area contributed by atoms with Gasteiger partial charge in [0.2, 0.25) is 0 Å². The molecule has 0 fully saturated rings. The first-order valence-electron chi connectivity index (χ1n) is 8.44. The quantitative estimate of drug-likeness (QED) is 0.590. The molecule has 0 saturated carbocycles. The third-order valence-corrected chi connectivity index (χ3v) is 4.38. The second-order valence-corrected chi connectivity index (χ2v) is 6.50. The molecule has 1 heterocycles. The molecule has 7 nitrogen and oxygen atoms in total. The Morgan fingerprint density at radius 1 is 1.07 bits per heavy atom. The van der Waals surface area contributed by atoms with Gasteiger partial charge in [0.15, 0.2) is 5.69 Å². The van der Waals surface area contributed by atoms with E-state index in [0.29, 0.717) is 22.7 Å². The van der Waals surface area contributed by atoms with Crippen LogP contribution in [0.3, 0.4) is 0 Å². The van der Waals surface area contributed by atoms with Crippen LogP contribution >= 0.6 is 11.6 Å². The molecular weight excluding hydrogens is 378 g/mol. The Kier molecular flexibility index (Phi) is 5.98. The fraction of sp³-hybridized carbons (Fsp3) is 0.100. The number of benzene rings is 2. The summed E-state index contributed by atoms with van der Waals surface area (Å²) in [7, 11) is 0. The third-order valence-electron chi connectivity index (χ3n) is 4.13. The van der Waals surface area contributed by atoms with Crippen LogP contribution < -0.4 is 16.8 Å². The van der Waals surface area contributed by atoms with E-state index < -0.39 is 11.9 Å². The highest BCUT2D eigenvalue weighted by molar-refractivity contribution is 6.30. The summed E-state index contributed by atoms with van der Waals surface area (Å²) in [6.07, 6.45) is 2.81. The number of amides is 2. The Bertz CT molecular complexity index is 1010. The molecule has 0 aliphatic carbocycles. The number of nitrogens with one attached hydrogen (secondary N) is 1. The lowest BCUT2D eigenvalue weighted by atomic mass is 10.00. The number of halogens is 1. The molecule has 0 aliphatic heterocycles. The fourth-order valence-corrected chi connectivity index (χ4v) is 2.81. The number of hydrogen-bond acceptors (Lipinski definition) is 5. The van der Waals surface area contributed by atoms with Crippen molar-refractivity contribution in [3.05, 3.63) is 94.0 Å². The Hall–Kier alpha value is -3.29. The SMILES string of the molecule is NC(=O)c1nccnc1C(N)c1cccc(C(=O)NCc2ccc(Cl)cc2)c1. The maximum Gasteiger partial charge on any atom is 0.269 e. The normalized spacial score (nSPS) is 11.6. The van der Waals surface area contributed by atoms with Gasteiger partial charge in [-0.3, -0.25) is 14.6 Å². The van der Waals surface area contributed by atoms with Crippen molar-refractivity contribution in [2.24, 2.45) is 11.5 Å². The molecule has 1 unspecified atom stereocenters. The Morgan fingerprint density at radius 3 is 2.50 bits per heavy atom. The molecule has 0 radical (unpaired) electrons. The standard InChI is InChI=1S/C20H18ClN5O2/c21-15-6-4-12(5-7-15)11-26-20(28)14-3-1-2-13(10-14)16(22)17-18(19(23)27)25-9-8-24-17/h1-10,16H,11,22H2,(H2,23,27)(H,26,28). The van der Waals surface area contributed by atoms with Crippen molar-refractivity contribution in [1.82, 2.24) is 15.3 Å². The van der Waals surface area contributed by atoms with Gasteiger partial charge < -0.3 is 16.8 Å². The van der Waals surface area contributed by atoms with Crippen molar-refractivity contribution in [3.8, 4) is 0 Å². The summed E-state index contributed by atoms with van der Waals surface area (Å²) >= 11 is 5.86. The summed E-state index contributed by atoms with van der Waals surface area (Å²) in [4.78, 5) is 32.1. The number of carbonyl (C=O) groups is 2. The van der Waals surface area contributed by atoms with E-state index in [2.05, 4.69) is 15.3 Å². The average Bonchev–Trinajstić information content (AvgIpc) is 2.72. The van der Waals surface area contributed by atoms with E-state index in [1.165, 1.54) is 12.4 Å². The first-order valence-corrected chi connectivity index (χ1v) is 8.82. The summed E-state index contributed by atoms with van der Waals surface area (Å²) in [5, 5.41) is 3.48. The van der Waals surface area contributed by atoms with Gasteiger partial charge in [-0.1, -0.05) is 35.9 Å². The van der Waals surface area contributed by atoms with Crippen LogP contribution in [-0.4, -0.2) is 21.8 Å². The zero-order valence-electron chi connectivity index (χ0n) is 14.8. The minimum absolute atomic E-state index is 0.00703. The van der Waals surface area contributed by atoms with Gasteiger partial charge in [0.1, 0.15) is 0 Å². The number of nitrogens with zero attached hydrogens (tertiary/aromatic N) is 2. The van der Waals surface area contributed by atoms with E-state index in [1.54, 1.807) is 36.4 Å². The molecular formula is C20H18ClN5O2. The highest BCUT2D eigenvalue weighted by Crippen LogP contribution is 2.21. The zero-order valence-corrected chi connectivity index (χ0v) is 15.6. The van der Waals surface area contributed by atoms with Crippen LogP contribution in [0.4, 0.5) is 0 Å². The molecule has 3 aromatic rings. The lowest BCUT2D eigenvalue weighted by Crippen LogP contribution is -2.24. The van der Waals surface area contributed by atoms with E-state index in [9.17, 15) is 9.59 Å². The molecule has 8 heteroatoms. The molecule has 0 saturated heterocycles. The predicted octanol–water partition coefficient (Wildman–Crippen LogP) is 2.21. The van der Waals surface area contributed by atoms with E-state index in [4.69, 9.17) is 23.1 Å². The van der Waals surface area contributed by atoms with Gasteiger partial charge in [-0.05, 0) is 35.4 Å². The first kappa shape index (κ1) is 19.5. The number of aromatic nitrogens is 2. The van der Waals surface area contributed by atoms with Crippen LogP contribution in [0.2, 0.25) is 5.02 Å². The number of nitrogens with two attached hydrogens (primary N) is 2. The summed E-state index contributed by atoms with van der Waals surface area (Å²) in [5.74, 6) is -0.964. The van der Waals surface area contributed by atoms with Crippen LogP contribution in [-0.2, 0) is 6.54 Å². The van der Waals surface area contributed by atoms with Crippen molar-refractivity contribution in [2.45, 2.75) is 12.6 Å². The Balaban J connectivity index is 1.77. The third kappa shape index (κ3) is 4.51. The monoisotopic (exact) mass is 395 g/mol. The van der Waals surface area contributed by atoms with Crippen molar-refractivity contribution in [1.29, 1.82) is 0 Å². The summed E-state index contributed by atoms with van der Waals surface area (Å²) in [5.41, 5.74) is 13.8. The minimum atomic E-state index is -0.750. The van der Waals surface area contributed by atoms with Gasteiger partial charge in [-0.2, -0.15) is 0 Å². The molecule has 2 aromatic carbocycles. The van der Waals surface area contributed by atoms with Crippen molar-refractivity contribution >= 4 is 23.4 Å². The van der Waals surface area contributed by atoms with Crippen LogP contribution in [0.1, 0.15) is 43.7 Å². The van der Waals surface area contributed by atoms with Crippen molar-refractivity contribution in [3.63, 3.8) is 0 Å². The van der Waals surface area contributed by atoms with E-state index in [0.717, 1.165) is 5.56 Å². The molecule has 142 valence electrons. The largest absolute Gasteiger partial charge is 0.364 e. The van der Waals surface area contributed by atoms with Crippen LogP contribution in [0, 0.1) is 0 Å². The number of carbonyl (C=O) groups excluding carboxylic acids is 2. The van der Waals surface area contributed by atoms with Gasteiger partial charge in [0.05, 0.1) is 11.7 Å². The molecule has 1 aromatic heterocycles. The zero-order chi connectivity index (χ0) is 20.1. The summed E-state index contributed by atoms with van der Waals surface area (Å²) in [6, 6.07) is 13.3. The smallest absolute Gasteiger partial charge is 0.269 e. The molecule has 2 amide bonds. The lowest BCUT2D eigenvalue weighted by Gasteiger charge is -2.14. The van der Waals surface area contributed by atoms with Gasteiger partial charge in [0, 0.05) is 29.5 Å². The van der Waals surface area contributed by atoms with E-state index >= 15 is 0 Å². The Morgan fingerprint density at radius 2 is 1.79 bits per heavy atom. The number of rotatable bonds is 6. The van der Waals surface area contributed by atoms with Gasteiger partial charge >= 0.3 is 0 Å². The molecule has 5 N–H and O–H groups in total. The van der Waals surface area contributed by atoms with E-state index in [-0.39, 0.29) is 17.3 Å². The number of hydrogen-bond donors (Lipinski definition) is 3. The second kappa shape index (κ2) is 8.60. The molecule has 0 aliphatic rings. The maximum atomic E-state index is 12.5. The molecule has 28 heavy (non-hydrogen) atoms. The second-order valence-electron chi connectivity index (χ2n) is 6.07. The van der Waals surface area contributed by atoms with Gasteiger partial charge in [0.25, 0.3) is 11.8 Å². The molecule has 0 spiro atoms. The van der Waals surface area contributed by atoms with Crippen LogP contribution in [0.15, 0.2) is 60.9 Å². The molecule has 3 rings (SSSR count). The highest BCUT2D eigenvalue weighted by Gasteiger charge is 2.20. The topological polar surface area (TPSA) is 124 Å². The molecule has 0 bridgehead atoms. The summed E-state index contributed by atoms with van der Waals surface area (Å²) in [6.45, 7) is 0.363. The first-order chi connectivity index (χ1) is 13.5. The summed E-state index contributed by atoms with van der Waals surface area (Å²) < 4.78 is 0. The Labute approximate surface area is 166 Å².